The van der Waals surface area contributed by atoms with Gasteiger partial charge in [0.25, 0.3) is 15.9 Å². The molecule has 6 nitrogen and oxygen atoms in total. The summed E-state index contributed by atoms with van der Waals surface area (Å²) < 4.78 is 32.2. The number of anilines is 2. The quantitative estimate of drug-likeness (QED) is 0.614. The van der Waals surface area contributed by atoms with Crippen molar-refractivity contribution in [1.82, 2.24) is 0 Å². The summed E-state index contributed by atoms with van der Waals surface area (Å²) in [5.41, 5.74) is 1.27. The van der Waals surface area contributed by atoms with E-state index in [0.717, 1.165) is 11.3 Å². The Hall–Kier alpha value is -2.55. The van der Waals surface area contributed by atoms with Crippen LogP contribution in [0.1, 0.15) is 10.4 Å². The van der Waals surface area contributed by atoms with Crippen LogP contribution in [0, 0.1) is 0 Å². The summed E-state index contributed by atoms with van der Waals surface area (Å²) >= 11 is 7.17. The molecular formula is C18H15ClN2O4S2. The molecule has 0 saturated carbocycles. The normalized spacial score (nSPS) is 11.0. The Balaban J connectivity index is 1.69. The Morgan fingerprint density at radius 2 is 1.78 bits per heavy atom. The second-order valence-electron chi connectivity index (χ2n) is 5.42. The number of carbonyl (C=O) groups is 1. The van der Waals surface area contributed by atoms with Crippen LogP contribution in [-0.2, 0) is 10.0 Å². The lowest BCUT2D eigenvalue weighted by molar-refractivity contribution is 0.102. The fraction of sp³-hybridized carbons (Fsp3) is 0.0556. The van der Waals surface area contributed by atoms with Crippen molar-refractivity contribution in [2.45, 2.75) is 4.21 Å². The number of carbonyl (C=O) groups excluding carboxylic acids is 1. The van der Waals surface area contributed by atoms with Gasteiger partial charge in [0.05, 0.1) is 12.1 Å². The molecule has 2 N–H and O–H groups in total. The van der Waals surface area contributed by atoms with E-state index < -0.39 is 10.0 Å². The lowest BCUT2D eigenvalue weighted by Gasteiger charge is -2.09. The Morgan fingerprint density at radius 3 is 2.37 bits per heavy atom. The van der Waals surface area contributed by atoms with Crippen LogP contribution in [0.2, 0.25) is 5.02 Å². The lowest BCUT2D eigenvalue weighted by atomic mass is 10.2. The van der Waals surface area contributed by atoms with Crippen molar-refractivity contribution in [1.29, 1.82) is 0 Å². The maximum absolute atomic E-state index is 12.3. The number of hydrogen-bond donors (Lipinski definition) is 2. The van der Waals surface area contributed by atoms with Crippen LogP contribution in [0.4, 0.5) is 11.4 Å². The van der Waals surface area contributed by atoms with E-state index in [2.05, 4.69) is 10.0 Å². The molecule has 3 rings (SSSR count). The zero-order chi connectivity index (χ0) is 19.4. The van der Waals surface area contributed by atoms with Gasteiger partial charge >= 0.3 is 0 Å². The monoisotopic (exact) mass is 422 g/mol. The summed E-state index contributed by atoms with van der Waals surface area (Å²) in [5, 5.41) is 4.80. The molecule has 140 valence electrons. The van der Waals surface area contributed by atoms with E-state index in [-0.39, 0.29) is 10.1 Å². The Labute approximate surface area is 165 Å². The number of sulfonamides is 1. The van der Waals surface area contributed by atoms with Crippen molar-refractivity contribution in [3.05, 3.63) is 70.6 Å². The predicted molar refractivity (Wildman–Crippen MR) is 108 cm³/mol. The molecule has 9 heteroatoms. The zero-order valence-corrected chi connectivity index (χ0v) is 16.5. The first-order valence-electron chi connectivity index (χ1n) is 7.70. The summed E-state index contributed by atoms with van der Waals surface area (Å²) in [6.07, 6.45) is 0. The van der Waals surface area contributed by atoms with Gasteiger partial charge in [0.1, 0.15) is 9.96 Å². The van der Waals surface area contributed by atoms with Crippen LogP contribution < -0.4 is 14.8 Å². The van der Waals surface area contributed by atoms with Crippen molar-refractivity contribution in [3.8, 4) is 5.75 Å². The average molecular weight is 423 g/mol. The third-order valence-corrected chi connectivity index (χ3v) is 6.64. The molecule has 0 spiro atoms. The van der Waals surface area contributed by atoms with Crippen LogP contribution in [0.3, 0.4) is 0 Å². The van der Waals surface area contributed by atoms with Crippen molar-refractivity contribution >= 4 is 50.2 Å². The van der Waals surface area contributed by atoms with Gasteiger partial charge in [-0.2, -0.15) is 0 Å². The Bertz CT molecular complexity index is 1050. The van der Waals surface area contributed by atoms with Crippen LogP contribution in [0.25, 0.3) is 0 Å². The molecule has 2 aromatic carbocycles. The number of methoxy groups -OCH3 is 1. The molecule has 0 unspecified atom stereocenters. The summed E-state index contributed by atoms with van der Waals surface area (Å²) in [6.45, 7) is 0. The van der Waals surface area contributed by atoms with Crippen molar-refractivity contribution in [3.63, 3.8) is 0 Å². The van der Waals surface area contributed by atoms with Gasteiger partial charge in [-0.1, -0.05) is 17.7 Å². The summed E-state index contributed by atoms with van der Waals surface area (Å²) in [6, 6.07) is 14.2. The van der Waals surface area contributed by atoms with Crippen LogP contribution in [-0.4, -0.2) is 21.4 Å². The molecule has 0 fully saturated rings. The molecule has 1 aromatic heterocycles. The van der Waals surface area contributed by atoms with Crippen molar-refractivity contribution in [2.75, 3.05) is 17.1 Å². The number of nitrogens with one attached hydrogen (secondary N) is 2. The highest BCUT2D eigenvalue weighted by Crippen LogP contribution is 2.27. The van der Waals surface area contributed by atoms with Gasteiger partial charge in [-0.3, -0.25) is 9.52 Å². The first-order chi connectivity index (χ1) is 12.9. The Kier molecular flexibility index (Phi) is 5.69. The van der Waals surface area contributed by atoms with Crippen molar-refractivity contribution in [2.24, 2.45) is 0 Å². The Morgan fingerprint density at radius 1 is 1.07 bits per heavy atom. The molecular weight excluding hydrogens is 408 g/mol. The second kappa shape index (κ2) is 7.99. The van der Waals surface area contributed by atoms with E-state index in [0.29, 0.717) is 27.7 Å². The molecule has 0 atom stereocenters. The molecule has 3 aromatic rings. The van der Waals surface area contributed by atoms with E-state index in [1.54, 1.807) is 29.6 Å². The van der Waals surface area contributed by atoms with Gasteiger partial charge < -0.3 is 10.1 Å². The minimum atomic E-state index is -3.62. The van der Waals surface area contributed by atoms with E-state index in [4.69, 9.17) is 16.3 Å². The van der Waals surface area contributed by atoms with Crippen molar-refractivity contribution < 1.29 is 17.9 Å². The minimum absolute atomic E-state index is 0.223. The minimum Gasteiger partial charge on any atom is -0.495 e. The number of rotatable bonds is 6. The molecule has 0 bridgehead atoms. The lowest BCUT2D eigenvalue weighted by Crippen LogP contribution is -2.13. The molecule has 1 amide bonds. The van der Waals surface area contributed by atoms with Crippen LogP contribution in [0.5, 0.6) is 5.75 Å². The molecule has 0 saturated heterocycles. The van der Waals surface area contributed by atoms with Gasteiger partial charge in [0.15, 0.2) is 0 Å². The highest BCUT2D eigenvalue weighted by Gasteiger charge is 2.15. The third kappa shape index (κ3) is 4.60. The van der Waals surface area contributed by atoms with Gasteiger partial charge in [-0.05, 0) is 53.9 Å². The maximum atomic E-state index is 12.3. The largest absolute Gasteiger partial charge is 0.495 e. The number of halogens is 1. The topological polar surface area (TPSA) is 84.5 Å². The highest BCUT2D eigenvalue weighted by molar-refractivity contribution is 7.94. The first kappa shape index (κ1) is 19.2. The van der Waals surface area contributed by atoms with Crippen LogP contribution in [0.15, 0.2) is 64.2 Å². The number of hydrogen-bond acceptors (Lipinski definition) is 5. The molecule has 0 radical (unpaired) electrons. The SMILES string of the molecule is COc1ccc(NC(=O)c2ccc(NS(=O)(=O)c3cccs3)cc2)cc1Cl. The van der Waals surface area contributed by atoms with Gasteiger partial charge in [-0.25, -0.2) is 8.42 Å². The standard InChI is InChI=1S/C18H15ClN2O4S2/c1-25-16-9-8-14(11-15(16)19)20-18(22)12-4-6-13(7-5-12)21-27(23,24)17-3-2-10-26-17/h2-11,21H,1H3,(H,20,22). The molecule has 27 heavy (non-hydrogen) atoms. The van der Waals surface area contributed by atoms with Gasteiger partial charge in [0.2, 0.25) is 0 Å². The summed E-state index contributed by atoms with van der Waals surface area (Å²) in [7, 11) is -2.11. The third-order valence-electron chi connectivity index (χ3n) is 3.57. The number of amides is 1. The number of ether oxygens (including phenoxy) is 1. The van der Waals surface area contributed by atoms with Crippen LogP contribution >= 0.6 is 22.9 Å². The fourth-order valence-corrected chi connectivity index (χ4v) is 4.57. The molecule has 0 aliphatic heterocycles. The van der Waals surface area contributed by atoms with E-state index in [9.17, 15) is 13.2 Å². The van der Waals surface area contributed by atoms with E-state index in [1.807, 2.05) is 0 Å². The fourth-order valence-electron chi connectivity index (χ4n) is 2.26. The maximum Gasteiger partial charge on any atom is 0.271 e. The molecule has 1 heterocycles. The van der Waals surface area contributed by atoms with E-state index >= 15 is 0 Å². The van der Waals surface area contributed by atoms with Gasteiger partial charge in [-0.15, -0.1) is 11.3 Å². The number of thiophene rings is 1. The van der Waals surface area contributed by atoms with Gasteiger partial charge in [0, 0.05) is 16.9 Å². The average Bonchev–Trinajstić information content (AvgIpc) is 3.18. The molecule has 0 aliphatic carbocycles. The smallest absolute Gasteiger partial charge is 0.271 e. The highest BCUT2D eigenvalue weighted by atomic mass is 35.5. The van der Waals surface area contributed by atoms with E-state index in [1.165, 1.54) is 37.4 Å². The summed E-state index contributed by atoms with van der Waals surface area (Å²) in [5.74, 6) is 0.168. The predicted octanol–water partition coefficient (Wildman–Crippen LogP) is 4.46. The zero-order valence-electron chi connectivity index (χ0n) is 14.1. The summed E-state index contributed by atoms with van der Waals surface area (Å²) in [4.78, 5) is 12.3. The second-order valence-corrected chi connectivity index (χ2v) is 8.68. The first-order valence-corrected chi connectivity index (χ1v) is 10.4. The number of benzene rings is 2. The molecule has 0 aliphatic rings.